The topological polar surface area (TPSA) is 103 Å². The Balaban J connectivity index is 1.98. The highest BCUT2D eigenvalue weighted by Gasteiger charge is 2.21. The van der Waals surface area contributed by atoms with Gasteiger partial charge in [0.1, 0.15) is 10.8 Å². The summed E-state index contributed by atoms with van der Waals surface area (Å²) in [5, 5.41) is 20.8. The molecule has 0 saturated heterocycles. The molecule has 4 aromatic rings. The number of nitrogens with two attached hydrogens (primary N) is 1. The molecule has 29 heavy (non-hydrogen) atoms. The Morgan fingerprint density at radius 2 is 1.90 bits per heavy atom. The second-order valence-corrected chi connectivity index (χ2v) is 7.53. The van der Waals surface area contributed by atoms with Crippen LogP contribution in [-0.4, -0.2) is 41.3 Å². The molecule has 9 heteroatoms. The first-order valence-electron chi connectivity index (χ1n) is 8.93. The molecule has 3 N–H and O–H groups in total. The molecule has 0 unspecified atom stereocenters. The minimum absolute atomic E-state index is 0.575. The standard InChI is InChI=1S/C20H19BN4O3S/c1-21(26)15-7-13(11-4-5-12-16(22)9-24-25-17(12)6-11)14(8-18(15)27-2)20-23-10-19(28-3)29-20/h4-10,26H,1-3H3,(H2,22,25). The molecule has 146 valence electrons. The molecule has 0 fully saturated rings. The van der Waals surface area contributed by atoms with Crippen LogP contribution in [-0.2, 0) is 0 Å². The SMILES string of the molecule is COc1cnc(-c2cc(OC)c(B(C)O)cc2-c2ccc3c(N)cnnc3c2)s1. The average Bonchev–Trinajstić information content (AvgIpc) is 3.22. The smallest absolute Gasteiger partial charge is 0.324 e. The lowest BCUT2D eigenvalue weighted by Crippen LogP contribution is -2.28. The van der Waals surface area contributed by atoms with E-state index in [-0.39, 0.29) is 0 Å². The third kappa shape index (κ3) is 3.50. The van der Waals surface area contributed by atoms with Crippen LogP contribution >= 0.6 is 11.3 Å². The van der Waals surface area contributed by atoms with Gasteiger partial charge in [-0.15, -0.1) is 0 Å². The molecule has 0 spiro atoms. The van der Waals surface area contributed by atoms with Crippen molar-refractivity contribution >= 4 is 40.3 Å². The summed E-state index contributed by atoms with van der Waals surface area (Å²) in [7, 11) is 3.20. The maximum Gasteiger partial charge on any atom is 0.324 e. The third-order valence-corrected chi connectivity index (χ3v) is 5.71. The molecule has 2 heterocycles. The van der Waals surface area contributed by atoms with Crippen molar-refractivity contribution in [1.29, 1.82) is 0 Å². The predicted molar refractivity (Wildman–Crippen MR) is 117 cm³/mol. The third-order valence-electron chi connectivity index (χ3n) is 4.72. The van der Waals surface area contributed by atoms with E-state index in [1.54, 1.807) is 27.2 Å². The molecule has 0 amide bonds. The Labute approximate surface area is 172 Å². The number of aromatic nitrogens is 3. The molecule has 0 radical (unpaired) electrons. The minimum atomic E-state index is -0.695. The van der Waals surface area contributed by atoms with E-state index < -0.39 is 6.92 Å². The van der Waals surface area contributed by atoms with E-state index in [0.717, 1.165) is 27.1 Å². The zero-order valence-electron chi connectivity index (χ0n) is 16.2. The first kappa shape index (κ1) is 19.2. The van der Waals surface area contributed by atoms with E-state index in [9.17, 15) is 5.02 Å². The van der Waals surface area contributed by atoms with E-state index in [0.29, 0.717) is 27.5 Å². The van der Waals surface area contributed by atoms with Crippen LogP contribution in [0.3, 0.4) is 0 Å². The Bertz CT molecular complexity index is 1200. The number of fused-ring (bicyclic) bond motifs is 1. The number of thiazole rings is 1. The van der Waals surface area contributed by atoms with Crippen LogP contribution in [0.1, 0.15) is 0 Å². The Hall–Kier alpha value is -3.17. The van der Waals surface area contributed by atoms with Gasteiger partial charge in [-0.05, 0) is 34.8 Å². The lowest BCUT2D eigenvalue weighted by molar-refractivity contribution is 0.417. The molecule has 0 aliphatic rings. The van der Waals surface area contributed by atoms with E-state index in [1.165, 1.54) is 17.5 Å². The number of methoxy groups -OCH3 is 2. The van der Waals surface area contributed by atoms with Crippen LogP contribution in [0, 0.1) is 0 Å². The van der Waals surface area contributed by atoms with Crippen LogP contribution in [0.2, 0.25) is 6.82 Å². The van der Waals surface area contributed by atoms with Gasteiger partial charge in [0.2, 0.25) is 0 Å². The Kier molecular flexibility index (Phi) is 5.08. The summed E-state index contributed by atoms with van der Waals surface area (Å²) in [6.07, 6.45) is 3.22. The predicted octanol–water partition coefficient (Wildman–Crippen LogP) is 2.84. The van der Waals surface area contributed by atoms with E-state index in [2.05, 4.69) is 15.2 Å². The van der Waals surface area contributed by atoms with Crippen molar-refractivity contribution in [1.82, 2.24) is 15.2 Å². The molecule has 0 bridgehead atoms. The maximum absolute atomic E-state index is 10.3. The normalized spacial score (nSPS) is 10.9. The maximum atomic E-state index is 10.3. The molecule has 0 atom stereocenters. The van der Waals surface area contributed by atoms with Gasteiger partial charge in [0.05, 0.1) is 37.8 Å². The fraction of sp³-hybridized carbons (Fsp3) is 0.150. The summed E-state index contributed by atoms with van der Waals surface area (Å²) >= 11 is 1.43. The van der Waals surface area contributed by atoms with Gasteiger partial charge >= 0.3 is 6.92 Å². The number of nitrogens with zero attached hydrogens (tertiary/aromatic N) is 3. The summed E-state index contributed by atoms with van der Waals surface area (Å²) in [6, 6.07) is 9.65. The molecule has 2 aromatic heterocycles. The van der Waals surface area contributed by atoms with Gasteiger partial charge in [0.15, 0.2) is 5.06 Å². The number of ether oxygens (including phenoxy) is 2. The molecule has 4 rings (SSSR count). The van der Waals surface area contributed by atoms with Crippen molar-refractivity contribution in [3.05, 3.63) is 42.7 Å². The highest BCUT2D eigenvalue weighted by atomic mass is 32.1. The van der Waals surface area contributed by atoms with Crippen molar-refractivity contribution in [2.45, 2.75) is 6.82 Å². The van der Waals surface area contributed by atoms with E-state index in [1.807, 2.05) is 30.3 Å². The second kappa shape index (κ2) is 7.69. The minimum Gasteiger partial charge on any atom is -0.497 e. The van der Waals surface area contributed by atoms with Crippen LogP contribution < -0.4 is 20.7 Å². The lowest BCUT2D eigenvalue weighted by Gasteiger charge is -2.16. The van der Waals surface area contributed by atoms with Gasteiger partial charge < -0.3 is 20.2 Å². The van der Waals surface area contributed by atoms with Crippen molar-refractivity contribution in [2.24, 2.45) is 0 Å². The average molecular weight is 406 g/mol. The molecule has 7 nitrogen and oxygen atoms in total. The number of anilines is 1. The number of benzene rings is 2. The first-order chi connectivity index (χ1) is 14.0. The molecule has 2 aromatic carbocycles. The lowest BCUT2D eigenvalue weighted by atomic mass is 9.63. The summed E-state index contributed by atoms with van der Waals surface area (Å²) in [4.78, 5) is 4.50. The summed E-state index contributed by atoms with van der Waals surface area (Å²) < 4.78 is 10.8. The molecular weight excluding hydrogens is 387 g/mol. The zero-order chi connectivity index (χ0) is 20.5. The fourth-order valence-corrected chi connectivity index (χ4v) is 4.01. The number of nitrogen functional groups attached to an aromatic ring is 1. The van der Waals surface area contributed by atoms with E-state index >= 15 is 0 Å². The van der Waals surface area contributed by atoms with Crippen molar-refractivity contribution in [3.8, 4) is 32.5 Å². The van der Waals surface area contributed by atoms with Gasteiger partial charge in [-0.2, -0.15) is 10.2 Å². The molecule has 0 saturated carbocycles. The van der Waals surface area contributed by atoms with Gasteiger partial charge in [0, 0.05) is 10.9 Å². The van der Waals surface area contributed by atoms with Crippen LogP contribution in [0.5, 0.6) is 10.8 Å². The summed E-state index contributed by atoms with van der Waals surface area (Å²) in [5.74, 6) is 0.595. The van der Waals surface area contributed by atoms with Crippen LogP contribution in [0.25, 0.3) is 32.6 Å². The molecule has 0 aliphatic carbocycles. The van der Waals surface area contributed by atoms with Crippen LogP contribution in [0.15, 0.2) is 42.7 Å². The van der Waals surface area contributed by atoms with Crippen LogP contribution in [0.4, 0.5) is 5.69 Å². The summed E-state index contributed by atoms with van der Waals surface area (Å²) in [6.45, 7) is 1.01. The van der Waals surface area contributed by atoms with Crippen molar-refractivity contribution in [3.63, 3.8) is 0 Å². The van der Waals surface area contributed by atoms with Crippen molar-refractivity contribution in [2.75, 3.05) is 20.0 Å². The van der Waals surface area contributed by atoms with Gasteiger partial charge in [-0.3, -0.25) is 0 Å². The van der Waals surface area contributed by atoms with E-state index in [4.69, 9.17) is 15.2 Å². The zero-order valence-corrected chi connectivity index (χ0v) is 17.0. The number of hydrogen-bond acceptors (Lipinski definition) is 8. The van der Waals surface area contributed by atoms with Crippen molar-refractivity contribution < 1.29 is 14.5 Å². The Morgan fingerprint density at radius 1 is 1.07 bits per heavy atom. The fourth-order valence-electron chi connectivity index (χ4n) is 3.24. The monoisotopic (exact) mass is 406 g/mol. The largest absolute Gasteiger partial charge is 0.497 e. The van der Waals surface area contributed by atoms with Gasteiger partial charge in [0.25, 0.3) is 0 Å². The highest BCUT2D eigenvalue weighted by Crippen LogP contribution is 2.39. The number of rotatable bonds is 5. The Morgan fingerprint density at radius 3 is 2.59 bits per heavy atom. The summed E-state index contributed by atoms with van der Waals surface area (Å²) in [5.41, 5.74) is 10.6. The second-order valence-electron chi connectivity index (χ2n) is 6.54. The van der Waals surface area contributed by atoms with Gasteiger partial charge in [-0.25, -0.2) is 4.98 Å². The molecular formula is C20H19BN4O3S. The van der Waals surface area contributed by atoms with Gasteiger partial charge in [-0.1, -0.05) is 30.3 Å². The quantitative estimate of drug-likeness (QED) is 0.491. The highest BCUT2D eigenvalue weighted by molar-refractivity contribution is 7.16. The number of hydrogen-bond donors (Lipinski definition) is 2. The first-order valence-corrected chi connectivity index (χ1v) is 9.75. The molecule has 0 aliphatic heterocycles.